The van der Waals surface area contributed by atoms with Crippen LogP contribution in [0, 0.1) is 5.41 Å². The van der Waals surface area contributed by atoms with Crippen molar-refractivity contribution in [1.29, 1.82) is 0 Å². The van der Waals surface area contributed by atoms with Crippen LogP contribution >= 0.6 is 11.6 Å². The first kappa shape index (κ1) is 34.0. The van der Waals surface area contributed by atoms with Gasteiger partial charge in [-0.15, -0.1) is 0 Å². The van der Waals surface area contributed by atoms with Crippen LogP contribution in [0.15, 0.2) is 85.1 Å². The number of likely N-dealkylation sites (tertiary alicyclic amines) is 1. The molecule has 50 heavy (non-hydrogen) atoms. The van der Waals surface area contributed by atoms with Gasteiger partial charge in [0.05, 0.1) is 43.1 Å². The van der Waals surface area contributed by atoms with E-state index >= 15 is 0 Å². The SMILES string of the molecule is CC(C)(C)[Si](OC1COCC1N1CCC(c2cc3cc(C4(C(N)=O)CC45CCOC5)ncc3cc2Cl)CC1)(c1ccccc1)c1ccccc1. The molecule has 1 spiro atoms. The molecule has 4 aromatic rings. The average molecular weight is 710 g/mol. The van der Waals surface area contributed by atoms with Gasteiger partial charge in [-0.1, -0.05) is 93.0 Å². The molecule has 3 aromatic carbocycles. The molecule has 3 aliphatic heterocycles. The topological polar surface area (TPSA) is 86.9 Å². The predicted molar refractivity (Wildman–Crippen MR) is 201 cm³/mol. The summed E-state index contributed by atoms with van der Waals surface area (Å²) in [4.78, 5) is 20.2. The maximum atomic E-state index is 12.9. The van der Waals surface area contributed by atoms with Gasteiger partial charge in [-0.25, -0.2) is 0 Å². The fourth-order valence-electron chi connectivity index (χ4n) is 9.55. The second-order valence-electron chi connectivity index (χ2n) is 16.1. The Hall–Kier alpha value is -3.11. The Kier molecular flexibility index (Phi) is 8.72. The largest absolute Gasteiger partial charge is 0.400 e. The van der Waals surface area contributed by atoms with Crippen LogP contribution in [0.2, 0.25) is 10.1 Å². The lowest BCUT2D eigenvalue weighted by atomic mass is 9.85. The summed E-state index contributed by atoms with van der Waals surface area (Å²) in [6.07, 6.45) is 5.37. The van der Waals surface area contributed by atoms with Crippen LogP contribution in [0.1, 0.15) is 63.6 Å². The van der Waals surface area contributed by atoms with Crippen molar-refractivity contribution < 1.29 is 18.7 Å². The maximum absolute atomic E-state index is 12.9. The minimum atomic E-state index is -2.72. The number of nitrogens with zero attached hydrogens (tertiary/aromatic N) is 2. The monoisotopic (exact) mass is 709 g/mol. The van der Waals surface area contributed by atoms with E-state index in [1.165, 1.54) is 15.9 Å². The zero-order valence-corrected chi connectivity index (χ0v) is 31.1. The van der Waals surface area contributed by atoms with E-state index in [0.717, 1.165) is 53.8 Å². The number of piperidine rings is 1. The number of ether oxygens (including phenoxy) is 2. The lowest BCUT2D eigenvalue weighted by Crippen LogP contribution is -2.69. The first-order valence-electron chi connectivity index (χ1n) is 18.2. The van der Waals surface area contributed by atoms with Crippen LogP contribution in [0.25, 0.3) is 10.8 Å². The molecule has 1 saturated carbocycles. The number of primary amides is 1. The summed E-state index contributed by atoms with van der Waals surface area (Å²) in [5.41, 5.74) is 7.01. The van der Waals surface area contributed by atoms with Gasteiger partial charge < -0.3 is 19.6 Å². The number of hydrogen-bond donors (Lipinski definition) is 1. The molecule has 1 aliphatic carbocycles. The summed E-state index contributed by atoms with van der Waals surface area (Å²) in [5, 5.41) is 5.30. The molecule has 1 aromatic heterocycles. The number of fused-ring (bicyclic) bond motifs is 1. The third-order valence-corrected chi connectivity index (χ3v) is 17.8. The quantitative estimate of drug-likeness (QED) is 0.228. The Labute approximate surface area is 301 Å². The van der Waals surface area contributed by atoms with Gasteiger partial charge in [0.1, 0.15) is 0 Å². The number of nitrogens with two attached hydrogens (primary N) is 1. The van der Waals surface area contributed by atoms with E-state index in [9.17, 15) is 4.79 Å². The highest BCUT2D eigenvalue weighted by Crippen LogP contribution is 2.68. The van der Waals surface area contributed by atoms with Gasteiger partial charge in [-0.05, 0) is 89.3 Å². The summed E-state index contributed by atoms with van der Waals surface area (Å²) in [5.74, 6) is 0.0308. The second kappa shape index (κ2) is 12.8. The summed E-state index contributed by atoms with van der Waals surface area (Å²) in [7, 11) is -2.72. The minimum Gasteiger partial charge on any atom is -0.400 e. The molecule has 4 aliphatic rings. The molecule has 262 valence electrons. The fourth-order valence-corrected chi connectivity index (χ4v) is 14.6. The second-order valence-corrected chi connectivity index (χ2v) is 20.7. The Morgan fingerprint density at radius 3 is 2.24 bits per heavy atom. The average Bonchev–Trinajstić information content (AvgIpc) is 3.37. The number of halogens is 1. The number of carbonyl (C=O) groups is 1. The van der Waals surface area contributed by atoms with Crippen LogP contribution in [-0.4, -0.2) is 75.8 Å². The molecule has 8 rings (SSSR count). The summed E-state index contributed by atoms with van der Waals surface area (Å²) < 4.78 is 19.5. The van der Waals surface area contributed by atoms with Crippen molar-refractivity contribution in [3.8, 4) is 0 Å². The molecule has 9 heteroatoms. The van der Waals surface area contributed by atoms with Crippen LogP contribution in [0.3, 0.4) is 0 Å². The molecule has 7 nitrogen and oxygen atoms in total. The minimum absolute atomic E-state index is 0.0263. The molecule has 0 radical (unpaired) electrons. The first-order valence-corrected chi connectivity index (χ1v) is 20.4. The standard InChI is InChI=1S/C41H48ClN3O4Si/c1-39(2,3)50(31-10-6-4-7-11-31,32-12-8-5-9-13-32)49-36-25-48-24-35(36)45-17-14-28(15-18-45)33-20-29-22-37(44-23-30(29)21-34(33)42)41(38(43)46)26-40(41)16-19-47-27-40/h4-13,20-23,28,35-36H,14-19,24-27H2,1-3H3,(H2,43,46). The summed E-state index contributed by atoms with van der Waals surface area (Å²) in [6, 6.07) is 28.3. The van der Waals surface area contributed by atoms with Crippen LogP contribution in [0.4, 0.5) is 0 Å². The van der Waals surface area contributed by atoms with Gasteiger partial charge in [0, 0.05) is 28.6 Å². The molecule has 4 heterocycles. The van der Waals surface area contributed by atoms with Crippen molar-refractivity contribution in [3.05, 3.63) is 101 Å². The molecule has 0 bridgehead atoms. The van der Waals surface area contributed by atoms with Crippen molar-refractivity contribution in [2.75, 3.05) is 39.5 Å². The van der Waals surface area contributed by atoms with Crippen molar-refractivity contribution in [3.63, 3.8) is 0 Å². The van der Waals surface area contributed by atoms with Crippen LogP contribution in [0.5, 0.6) is 0 Å². The number of aromatic nitrogens is 1. The maximum Gasteiger partial charge on any atom is 0.261 e. The van der Waals surface area contributed by atoms with Gasteiger partial charge in [0.15, 0.2) is 0 Å². The third-order valence-electron chi connectivity index (χ3n) is 12.4. The van der Waals surface area contributed by atoms with Gasteiger partial charge in [0.25, 0.3) is 8.32 Å². The Morgan fingerprint density at radius 2 is 1.64 bits per heavy atom. The number of rotatable bonds is 8. The highest BCUT2D eigenvalue weighted by atomic mass is 35.5. The lowest BCUT2D eigenvalue weighted by Gasteiger charge is -2.46. The number of carbonyl (C=O) groups excluding carboxylic acids is 1. The molecular weight excluding hydrogens is 662 g/mol. The zero-order chi connectivity index (χ0) is 34.7. The Balaban J connectivity index is 1.03. The Bertz CT molecular complexity index is 1830. The molecular formula is C41H48ClN3O4Si. The van der Waals surface area contributed by atoms with Gasteiger partial charge >= 0.3 is 0 Å². The molecule has 2 N–H and O–H groups in total. The molecule has 4 unspecified atom stereocenters. The smallest absolute Gasteiger partial charge is 0.261 e. The van der Waals surface area contributed by atoms with Gasteiger partial charge in [-0.2, -0.15) is 0 Å². The first-order chi connectivity index (χ1) is 24.1. The van der Waals surface area contributed by atoms with E-state index in [2.05, 4.69) is 98.5 Å². The number of hydrogen-bond acceptors (Lipinski definition) is 6. The number of pyridine rings is 1. The number of amides is 1. The molecule has 1 amide bonds. The van der Waals surface area contributed by atoms with Crippen molar-refractivity contribution in [2.24, 2.45) is 11.1 Å². The van der Waals surface area contributed by atoms with E-state index in [1.807, 2.05) is 12.3 Å². The fraction of sp³-hybridized carbons (Fsp3) is 0.463. The van der Waals surface area contributed by atoms with E-state index in [0.29, 0.717) is 38.8 Å². The zero-order valence-electron chi connectivity index (χ0n) is 29.4. The van der Waals surface area contributed by atoms with Crippen molar-refractivity contribution in [2.45, 2.75) is 75.0 Å². The summed E-state index contributed by atoms with van der Waals surface area (Å²) >= 11 is 6.98. The van der Waals surface area contributed by atoms with Crippen molar-refractivity contribution >= 4 is 47.0 Å². The molecule has 4 atom stereocenters. The predicted octanol–water partition coefficient (Wildman–Crippen LogP) is 5.95. The van der Waals surface area contributed by atoms with E-state index in [-0.39, 0.29) is 28.5 Å². The molecule has 4 fully saturated rings. The number of benzene rings is 3. The highest BCUT2D eigenvalue weighted by molar-refractivity contribution is 6.99. The normalized spacial score (nSPS) is 27.7. The Morgan fingerprint density at radius 1 is 0.960 bits per heavy atom. The third kappa shape index (κ3) is 5.46. The van der Waals surface area contributed by atoms with E-state index < -0.39 is 13.7 Å². The lowest BCUT2D eigenvalue weighted by molar-refractivity contribution is -0.121. The van der Waals surface area contributed by atoms with Gasteiger partial charge in [-0.3, -0.25) is 14.7 Å². The molecule has 3 saturated heterocycles. The van der Waals surface area contributed by atoms with E-state index in [4.69, 9.17) is 36.2 Å². The highest BCUT2D eigenvalue weighted by Gasteiger charge is 2.73. The van der Waals surface area contributed by atoms with Crippen LogP contribution in [-0.2, 0) is 24.1 Å². The summed E-state index contributed by atoms with van der Waals surface area (Å²) in [6.45, 7) is 11.4. The van der Waals surface area contributed by atoms with Gasteiger partial charge in [0.2, 0.25) is 5.91 Å². The van der Waals surface area contributed by atoms with Crippen molar-refractivity contribution in [1.82, 2.24) is 9.88 Å². The van der Waals surface area contributed by atoms with E-state index in [1.54, 1.807) is 0 Å². The van der Waals surface area contributed by atoms with Crippen LogP contribution < -0.4 is 16.1 Å².